The summed E-state index contributed by atoms with van der Waals surface area (Å²) in [6.07, 6.45) is 1.59. The molecule has 2 aromatic rings. The van der Waals surface area contributed by atoms with Crippen LogP contribution < -0.4 is 5.32 Å². The molecule has 0 bridgehead atoms. The lowest BCUT2D eigenvalue weighted by molar-refractivity contribution is -0.385. The molecule has 0 atom stereocenters. The number of nitrogens with one attached hydrogen (secondary N) is 2. The topological polar surface area (TPSA) is 110 Å². The highest BCUT2D eigenvalue weighted by atomic mass is 35.5. The highest BCUT2D eigenvalue weighted by molar-refractivity contribution is 6.28. The fourth-order valence-corrected chi connectivity index (χ4v) is 1.65. The van der Waals surface area contributed by atoms with E-state index in [1.807, 2.05) is 0 Å². The van der Waals surface area contributed by atoms with E-state index in [0.29, 0.717) is 6.54 Å². The van der Waals surface area contributed by atoms with Crippen molar-refractivity contribution in [2.75, 3.05) is 5.32 Å². The van der Waals surface area contributed by atoms with Gasteiger partial charge >= 0.3 is 5.69 Å². The third-order valence-corrected chi connectivity index (χ3v) is 2.39. The van der Waals surface area contributed by atoms with Gasteiger partial charge < -0.3 is 5.32 Å². The number of aromatic nitrogens is 4. The van der Waals surface area contributed by atoms with Crippen molar-refractivity contribution in [2.45, 2.75) is 13.5 Å². The first-order valence-corrected chi connectivity index (χ1v) is 5.36. The van der Waals surface area contributed by atoms with Crippen LogP contribution in [0.3, 0.4) is 0 Å². The van der Waals surface area contributed by atoms with Gasteiger partial charge in [-0.2, -0.15) is 10.1 Å². The molecule has 0 saturated heterocycles. The van der Waals surface area contributed by atoms with Gasteiger partial charge in [0.15, 0.2) is 0 Å². The van der Waals surface area contributed by atoms with Crippen LogP contribution in [-0.4, -0.2) is 25.1 Å². The van der Waals surface area contributed by atoms with Gasteiger partial charge in [-0.25, -0.2) is 4.98 Å². The molecular formula is C9H9ClN6O2. The first kappa shape index (κ1) is 12.2. The normalized spacial score (nSPS) is 10.3. The number of nitro groups is 1. The van der Waals surface area contributed by atoms with Gasteiger partial charge in [0.05, 0.1) is 17.2 Å². The fraction of sp³-hybridized carbons (Fsp3) is 0.222. The van der Waals surface area contributed by atoms with Crippen LogP contribution in [0.15, 0.2) is 12.3 Å². The van der Waals surface area contributed by atoms with Crippen molar-refractivity contribution in [3.05, 3.63) is 39.0 Å². The first-order chi connectivity index (χ1) is 8.58. The molecule has 2 aromatic heterocycles. The van der Waals surface area contributed by atoms with Crippen LogP contribution in [0.1, 0.15) is 11.4 Å². The zero-order chi connectivity index (χ0) is 13.1. The molecule has 2 rings (SSSR count). The van der Waals surface area contributed by atoms with Crippen LogP contribution in [-0.2, 0) is 6.54 Å². The van der Waals surface area contributed by atoms with Crippen molar-refractivity contribution in [2.24, 2.45) is 0 Å². The molecule has 0 spiro atoms. The Balaban J connectivity index is 2.28. The lowest BCUT2D eigenvalue weighted by atomic mass is 10.3. The van der Waals surface area contributed by atoms with Crippen LogP contribution in [0.2, 0.25) is 5.28 Å². The number of H-pyrrole nitrogens is 1. The molecule has 94 valence electrons. The van der Waals surface area contributed by atoms with E-state index in [2.05, 4.69) is 25.5 Å². The average Bonchev–Trinajstić information content (AvgIpc) is 2.77. The Morgan fingerprint density at radius 3 is 2.94 bits per heavy atom. The van der Waals surface area contributed by atoms with Crippen LogP contribution in [0, 0.1) is 17.0 Å². The van der Waals surface area contributed by atoms with Gasteiger partial charge in [0.2, 0.25) is 11.1 Å². The van der Waals surface area contributed by atoms with E-state index >= 15 is 0 Å². The second-order valence-electron chi connectivity index (χ2n) is 3.47. The zero-order valence-corrected chi connectivity index (χ0v) is 10.1. The summed E-state index contributed by atoms with van der Waals surface area (Å²) in [5.74, 6) is 0.0899. The highest BCUT2D eigenvalue weighted by Gasteiger charge is 2.21. The summed E-state index contributed by atoms with van der Waals surface area (Å²) < 4.78 is 0. The van der Waals surface area contributed by atoms with Crippen molar-refractivity contribution in [3.8, 4) is 0 Å². The van der Waals surface area contributed by atoms with E-state index < -0.39 is 4.92 Å². The minimum Gasteiger partial charge on any atom is -0.359 e. The molecule has 0 saturated carbocycles. The van der Waals surface area contributed by atoms with Crippen molar-refractivity contribution >= 4 is 23.1 Å². The summed E-state index contributed by atoms with van der Waals surface area (Å²) in [6, 6.07) is 1.74. The predicted octanol–water partition coefficient (Wildman–Crippen LogP) is 1.68. The summed E-state index contributed by atoms with van der Waals surface area (Å²) >= 11 is 5.68. The Morgan fingerprint density at radius 2 is 2.33 bits per heavy atom. The Bertz CT molecular complexity index is 571. The van der Waals surface area contributed by atoms with E-state index in [9.17, 15) is 10.1 Å². The first-order valence-electron chi connectivity index (χ1n) is 4.98. The second-order valence-corrected chi connectivity index (χ2v) is 3.81. The molecule has 0 aliphatic carbocycles. The fourth-order valence-electron chi connectivity index (χ4n) is 1.44. The van der Waals surface area contributed by atoms with E-state index in [4.69, 9.17) is 11.6 Å². The molecule has 2 heterocycles. The van der Waals surface area contributed by atoms with Gasteiger partial charge in [-0.1, -0.05) is 0 Å². The second kappa shape index (κ2) is 4.96. The van der Waals surface area contributed by atoms with E-state index in [-0.39, 0.29) is 22.5 Å². The number of rotatable bonds is 4. The minimum absolute atomic E-state index is 0.0368. The van der Waals surface area contributed by atoms with E-state index in [1.54, 1.807) is 12.3 Å². The van der Waals surface area contributed by atoms with Crippen LogP contribution >= 0.6 is 11.6 Å². The average molecular weight is 269 g/mol. The lowest BCUT2D eigenvalue weighted by Gasteiger charge is -2.06. The number of aromatic amines is 1. The third-order valence-electron chi connectivity index (χ3n) is 2.22. The van der Waals surface area contributed by atoms with Crippen LogP contribution in [0.4, 0.5) is 11.5 Å². The predicted molar refractivity (Wildman–Crippen MR) is 64.3 cm³/mol. The molecule has 8 nitrogen and oxygen atoms in total. The maximum absolute atomic E-state index is 10.9. The van der Waals surface area contributed by atoms with Crippen LogP contribution in [0.25, 0.3) is 0 Å². The SMILES string of the molecule is Cc1nc(Cl)nc(NCc2ccn[nH]2)c1[N+](=O)[O-]. The Morgan fingerprint density at radius 1 is 1.56 bits per heavy atom. The number of anilines is 1. The molecule has 0 radical (unpaired) electrons. The number of nitrogens with zero attached hydrogens (tertiary/aromatic N) is 4. The molecule has 2 N–H and O–H groups in total. The molecule has 0 aliphatic rings. The molecule has 0 amide bonds. The maximum atomic E-state index is 10.9. The smallest absolute Gasteiger partial charge is 0.332 e. The Kier molecular flexibility index (Phi) is 3.38. The quantitative estimate of drug-likeness (QED) is 0.496. The lowest BCUT2D eigenvalue weighted by Crippen LogP contribution is -2.08. The van der Waals surface area contributed by atoms with E-state index in [1.165, 1.54) is 6.92 Å². The molecular weight excluding hydrogens is 260 g/mol. The number of hydrogen-bond acceptors (Lipinski definition) is 6. The highest BCUT2D eigenvalue weighted by Crippen LogP contribution is 2.26. The number of hydrogen-bond donors (Lipinski definition) is 2. The molecule has 18 heavy (non-hydrogen) atoms. The summed E-state index contributed by atoms with van der Waals surface area (Å²) in [6.45, 7) is 1.83. The number of aryl methyl sites for hydroxylation is 1. The van der Waals surface area contributed by atoms with Crippen molar-refractivity contribution in [3.63, 3.8) is 0 Å². The Hall–Kier alpha value is -2.22. The van der Waals surface area contributed by atoms with Crippen molar-refractivity contribution < 1.29 is 4.92 Å². The van der Waals surface area contributed by atoms with Crippen LogP contribution in [0.5, 0.6) is 0 Å². The summed E-state index contributed by atoms with van der Waals surface area (Å²) in [5.41, 5.74) is 0.808. The molecule has 0 aliphatic heterocycles. The molecule has 9 heteroatoms. The number of halogens is 1. The molecule has 0 aromatic carbocycles. The maximum Gasteiger partial charge on any atom is 0.332 e. The van der Waals surface area contributed by atoms with Gasteiger partial charge in [0, 0.05) is 6.20 Å². The summed E-state index contributed by atoms with van der Waals surface area (Å²) in [4.78, 5) is 18.0. The standard InChI is InChI=1S/C9H9ClN6O2/c1-5-7(16(17)18)8(14-9(10)13-5)11-4-6-2-3-12-15-6/h2-3H,4H2,1H3,(H,12,15)(H,11,13,14). The monoisotopic (exact) mass is 268 g/mol. The summed E-state index contributed by atoms with van der Waals surface area (Å²) in [5, 5.41) is 20.2. The van der Waals surface area contributed by atoms with Crippen molar-refractivity contribution in [1.29, 1.82) is 0 Å². The minimum atomic E-state index is -0.541. The van der Waals surface area contributed by atoms with Gasteiger partial charge in [-0.15, -0.1) is 0 Å². The van der Waals surface area contributed by atoms with E-state index in [0.717, 1.165) is 5.69 Å². The van der Waals surface area contributed by atoms with Gasteiger partial charge in [0.25, 0.3) is 0 Å². The van der Waals surface area contributed by atoms with Gasteiger partial charge in [-0.3, -0.25) is 15.2 Å². The zero-order valence-electron chi connectivity index (χ0n) is 9.35. The van der Waals surface area contributed by atoms with Crippen molar-refractivity contribution in [1.82, 2.24) is 20.2 Å². The Labute approximate surface area is 107 Å². The summed E-state index contributed by atoms with van der Waals surface area (Å²) in [7, 11) is 0. The third kappa shape index (κ3) is 2.54. The van der Waals surface area contributed by atoms with Gasteiger partial charge in [0.1, 0.15) is 5.69 Å². The van der Waals surface area contributed by atoms with Gasteiger partial charge in [-0.05, 0) is 24.6 Å². The molecule has 0 fully saturated rings. The largest absolute Gasteiger partial charge is 0.359 e. The molecule has 0 unspecified atom stereocenters.